The number of methoxy groups -OCH3 is 1. The van der Waals surface area contributed by atoms with Gasteiger partial charge in [-0.2, -0.15) is 0 Å². The molecule has 0 spiro atoms. The summed E-state index contributed by atoms with van der Waals surface area (Å²) in [5.41, 5.74) is -0.0217. The molecule has 1 aliphatic rings. The van der Waals surface area contributed by atoms with E-state index in [9.17, 15) is 19.5 Å². The number of morpholine rings is 1. The van der Waals surface area contributed by atoms with Gasteiger partial charge >= 0.3 is 0 Å². The second-order valence-corrected chi connectivity index (χ2v) is 8.00. The Labute approximate surface area is 189 Å². The highest BCUT2D eigenvalue weighted by molar-refractivity contribution is 5.81. The van der Waals surface area contributed by atoms with E-state index in [2.05, 4.69) is 0 Å². The van der Waals surface area contributed by atoms with Gasteiger partial charge in [-0.15, -0.1) is 0 Å². The highest BCUT2D eigenvalue weighted by Crippen LogP contribution is 2.33. The zero-order chi connectivity index (χ0) is 23.5. The number of aromatic nitrogens is 1. The Bertz CT molecular complexity index is 1290. The van der Waals surface area contributed by atoms with E-state index in [0.29, 0.717) is 26.3 Å². The third-order valence-electron chi connectivity index (χ3n) is 5.88. The number of carbonyl (C=O) groups is 1. The molecule has 9 nitrogen and oxygen atoms in total. The maximum Gasteiger partial charge on any atom is 0.254 e. The monoisotopic (exact) mass is 454 g/mol. The standard InChI is InChI=1S/C24H26N2O7/c1-25-19-6-4-3-5-15(19)11-18(24(25)30)17(13-21(28)26-7-9-32-10-8-26)23-22(29)20(27)12-16(33-23)14-31-2/h3-6,11-12,17,29H,7-10,13-14H2,1-2H3/t17-/m1/s1. The third-order valence-corrected chi connectivity index (χ3v) is 5.88. The molecule has 1 saturated heterocycles. The number of fused-ring (bicyclic) bond motifs is 1. The molecule has 0 radical (unpaired) electrons. The fourth-order valence-electron chi connectivity index (χ4n) is 4.16. The molecule has 3 heterocycles. The van der Waals surface area contributed by atoms with Crippen LogP contribution in [0.2, 0.25) is 0 Å². The first-order valence-electron chi connectivity index (χ1n) is 10.7. The van der Waals surface area contributed by atoms with E-state index in [1.54, 1.807) is 18.0 Å². The van der Waals surface area contributed by atoms with Gasteiger partial charge in [-0.1, -0.05) is 18.2 Å². The van der Waals surface area contributed by atoms with Crippen LogP contribution in [0.15, 0.2) is 50.4 Å². The SMILES string of the molecule is COCc1cc(=O)c(O)c([C@H](CC(=O)N2CCOCC2)c2cc3ccccc3n(C)c2=O)o1. The van der Waals surface area contributed by atoms with E-state index in [0.717, 1.165) is 17.0 Å². The molecule has 1 atom stereocenters. The van der Waals surface area contributed by atoms with Crippen LogP contribution in [0.25, 0.3) is 10.9 Å². The summed E-state index contributed by atoms with van der Waals surface area (Å²) < 4.78 is 17.7. The number of ether oxygens (including phenoxy) is 2. The number of hydrogen-bond donors (Lipinski definition) is 1. The number of hydrogen-bond acceptors (Lipinski definition) is 7. The van der Waals surface area contributed by atoms with Crippen LogP contribution in [-0.2, 0) is 27.9 Å². The molecule has 0 bridgehead atoms. The molecule has 1 amide bonds. The largest absolute Gasteiger partial charge is 0.502 e. The van der Waals surface area contributed by atoms with Crippen molar-refractivity contribution in [2.24, 2.45) is 7.05 Å². The van der Waals surface area contributed by atoms with Crippen molar-refractivity contribution >= 4 is 16.8 Å². The van der Waals surface area contributed by atoms with Gasteiger partial charge in [-0.3, -0.25) is 14.4 Å². The highest BCUT2D eigenvalue weighted by atomic mass is 16.5. The molecule has 174 valence electrons. The van der Waals surface area contributed by atoms with Crippen molar-refractivity contribution in [3.8, 4) is 5.75 Å². The highest BCUT2D eigenvalue weighted by Gasteiger charge is 2.31. The van der Waals surface area contributed by atoms with Gasteiger partial charge in [0.2, 0.25) is 17.1 Å². The molecular weight excluding hydrogens is 428 g/mol. The number of amides is 1. The Balaban J connectivity index is 1.88. The molecule has 9 heteroatoms. The molecule has 1 aromatic carbocycles. The van der Waals surface area contributed by atoms with Crippen LogP contribution < -0.4 is 11.0 Å². The molecule has 0 unspecified atom stereocenters. The molecule has 2 aromatic heterocycles. The Kier molecular flexibility index (Phi) is 6.62. The minimum absolute atomic E-state index is 0.00236. The molecule has 0 aliphatic carbocycles. The van der Waals surface area contributed by atoms with Crippen molar-refractivity contribution in [2.75, 3.05) is 33.4 Å². The van der Waals surface area contributed by atoms with Crippen LogP contribution >= 0.6 is 0 Å². The van der Waals surface area contributed by atoms with Gasteiger partial charge in [0.1, 0.15) is 12.4 Å². The minimum atomic E-state index is -0.965. The number of carbonyl (C=O) groups excluding carboxylic acids is 1. The lowest BCUT2D eigenvalue weighted by molar-refractivity contribution is -0.135. The van der Waals surface area contributed by atoms with Crippen LogP contribution in [0.1, 0.15) is 29.4 Å². The first-order chi connectivity index (χ1) is 15.9. The number of para-hydroxylation sites is 1. The average molecular weight is 454 g/mol. The van der Waals surface area contributed by atoms with Gasteiger partial charge in [-0.05, 0) is 17.5 Å². The normalized spacial score (nSPS) is 15.0. The van der Waals surface area contributed by atoms with Crippen molar-refractivity contribution in [3.63, 3.8) is 0 Å². The van der Waals surface area contributed by atoms with Crippen LogP contribution in [0, 0.1) is 0 Å². The zero-order valence-electron chi connectivity index (χ0n) is 18.6. The first-order valence-corrected chi connectivity index (χ1v) is 10.7. The Hall–Kier alpha value is -3.43. The smallest absolute Gasteiger partial charge is 0.254 e. The summed E-state index contributed by atoms with van der Waals surface area (Å²) in [5, 5.41) is 11.4. The molecular formula is C24H26N2O7. The number of pyridine rings is 1. The molecule has 1 N–H and O–H groups in total. The summed E-state index contributed by atoms with van der Waals surface area (Å²) in [7, 11) is 3.09. The van der Waals surface area contributed by atoms with E-state index in [1.165, 1.54) is 11.7 Å². The summed E-state index contributed by atoms with van der Waals surface area (Å²) in [6.45, 7) is 1.72. The van der Waals surface area contributed by atoms with Crippen LogP contribution in [-0.4, -0.2) is 53.9 Å². The van der Waals surface area contributed by atoms with Crippen molar-refractivity contribution in [1.82, 2.24) is 9.47 Å². The van der Waals surface area contributed by atoms with Crippen molar-refractivity contribution in [1.29, 1.82) is 0 Å². The lowest BCUT2D eigenvalue weighted by Crippen LogP contribution is -2.41. The molecule has 33 heavy (non-hydrogen) atoms. The number of nitrogens with zero attached hydrogens (tertiary/aromatic N) is 2. The maximum absolute atomic E-state index is 13.4. The first kappa shape index (κ1) is 22.8. The molecule has 1 aliphatic heterocycles. The van der Waals surface area contributed by atoms with Crippen molar-refractivity contribution < 1.29 is 23.8 Å². The number of rotatable bonds is 6. The van der Waals surface area contributed by atoms with Crippen molar-refractivity contribution in [2.45, 2.75) is 18.9 Å². The fraction of sp³-hybridized carbons (Fsp3) is 0.375. The minimum Gasteiger partial charge on any atom is -0.502 e. The maximum atomic E-state index is 13.4. The van der Waals surface area contributed by atoms with Crippen LogP contribution in [0.4, 0.5) is 0 Å². The predicted molar refractivity (Wildman–Crippen MR) is 120 cm³/mol. The second-order valence-electron chi connectivity index (χ2n) is 8.00. The lowest BCUT2D eigenvalue weighted by Gasteiger charge is -2.28. The van der Waals surface area contributed by atoms with E-state index in [-0.39, 0.29) is 41.6 Å². The zero-order valence-corrected chi connectivity index (χ0v) is 18.6. The number of aromatic hydroxyl groups is 1. The fourth-order valence-corrected chi connectivity index (χ4v) is 4.16. The Morgan fingerprint density at radius 3 is 2.64 bits per heavy atom. The van der Waals surface area contributed by atoms with E-state index in [1.807, 2.05) is 24.3 Å². The summed E-state index contributed by atoms with van der Waals surface area (Å²) in [5.74, 6) is -1.74. The molecule has 0 saturated carbocycles. The van der Waals surface area contributed by atoms with E-state index < -0.39 is 17.1 Å². The van der Waals surface area contributed by atoms with Gasteiger partial charge in [0.15, 0.2) is 5.76 Å². The van der Waals surface area contributed by atoms with Gasteiger partial charge in [0, 0.05) is 45.3 Å². The van der Waals surface area contributed by atoms with Crippen LogP contribution in [0.3, 0.4) is 0 Å². The summed E-state index contributed by atoms with van der Waals surface area (Å²) in [4.78, 5) is 40.6. The Morgan fingerprint density at radius 2 is 1.91 bits per heavy atom. The topological polar surface area (TPSA) is 111 Å². The third kappa shape index (κ3) is 4.55. The van der Waals surface area contributed by atoms with Crippen molar-refractivity contribution in [3.05, 3.63) is 74.1 Å². The number of aryl methyl sites for hydroxylation is 1. The second kappa shape index (κ2) is 9.60. The van der Waals surface area contributed by atoms with Gasteiger partial charge < -0.3 is 28.5 Å². The van der Waals surface area contributed by atoms with Crippen LogP contribution in [0.5, 0.6) is 5.75 Å². The lowest BCUT2D eigenvalue weighted by atomic mass is 9.91. The molecule has 4 rings (SSSR count). The summed E-state index contributed by atoms with van der Waals surface area (Å²) >= 11 is 0. The predicted octanol–water partition coefficient (Wildman–Crippen LogP) is 1.72. The number of benzene rings is 1. The quantitative estimate of drug-likeness (QED) is 0.604. The average Bonchev–Trinajstić information content (AvgIpc) is 2.83. The molecule has 1 fully saturated rings. The van der Waals surface area contributed by atoms with E-state index >= 15 is 0 Å². The Morgan fingerprint density at radius 1 is 1.18 bits per heavy atom. The summed E-state index contributed by atoms with van der Waals surface area (Å²) in [6, 6.07) is 10.2. The van der Waals surface area contributed by atoms with Gasteiger partial charge in [-0.25, -0.2) is 0 Å². The van der Waals surface area contributed by atoms with E-state index in [4.69, 9.17) is 13.9 Å². The molecule has 3 aromatic rings. The van der Waals surface area contributed by atoms with Gasteiger partial charge in [0.25, 0.3) is 5.56 Å². The van der Waals surface area contributed by atoms with Gasteiger partial charge in [0.05, 0.1) is 24.6 Å². The summed E-state index contributed by atoms with van der Waals surface area (Å²) in [6.07, 6.45) is -0.152.